The molecule has 31 heavy (non-hydrogen) atoms. The summed E-state index contributed by atoms with van der Waals surface area (Å²) in [6, 6.07) is 4.62. The molecule has 170 valence electrons. The fourth-order valence-corrected chi connectivity index (χ4v) is 5.87. The van der Waals surface area contributed by atoms with Gasteiger partial charge in [0, 0.05) is 12.6 Å². The third-order valence-corrected chi connectivity index (χ3v) is 7.43. The Labute approximate surface area is 180 Å². The van der Waals surface area contributed by atoms with Crippen LogP contribution in [0.2, 0.25) is 0 Å². The zero-order chi connectivity index (χ0) is 22.8. The molecule has 3 rings (SSSR count). The topological polar surface area (TPSA) is 107 Å². The van der Waals surface area contributed by atoms with E-state index in [4.69, 9.17) is 0 Å². The highest BCUT2D eigenvalue weighted by Crippen LogP contribution is 2.28. The minimum atomic E-state index is -4.79. The van der Waals surface area contributed by atoms with Crippen molar-refractivity contribution in [3.63, 3.8) is 0 Å². The van der Waals surface area contributed by atoms with Crippen LogP contribution in [0, 0.1) is 0 Å². The second-order valence-corrected chi connectivity index (χ2v) is 10.4. The lowest BCUT2D eigenvalue weighted by atomic mass is 10.2. The van der Waals surface area contributed by atoms with Gasteiger partial charge in [0.1, 0.15) is 5.75 Å². The third kappa shape index (κ3) is 5.87. The van der Waals surface area contributed by atoms with E-state index in [9.17, 15) is 26.4 Å². The maximum atomic E-state index is 12.9. The largest absolute Gasteiger partial charge is 0.573 e. The van der Waals surface area contributed by atoms with Crippen LogP contribution in [-0.4, -0.2) is 75.1 Å². The van der Waals surface area contributed by atoms with Gasteiger partial charge in [-0.1, -0.05) is 11.8 Å². The highest BCUT2D eigenvalue weighted by molar-refractivity contribution is 8.00. The molecular weight excluding hydrogens is 459 g/mol. The summed E-state index contributed by atoms with van der Waals surface area (Å²) < 4.78 is 65.6. The molecule has 14 heteroatoms. The zero-order valence-corrected chi connectivity index (χ0v) is 18.2. The van der Waals surface area contributed by atoms with Crippen molar-refractivity contribution in [2.24, 2.45) is 0 Å². The minimum Gasteiger partial charge on any atom is -0.406 e. The maximum Gasteiger partial charge on any atom is 0.573 e. The number of benzene rings is 1. The summed E-state index contributed by atoms with van der Waals surface area (Å²) >= 11 is 1.07. The Bertz CT molecular complexity index is 1030. The van der Waals surface area contributed by atoms with Gasteiger partial charge in [0.05, 0.1) is 22.4 Å². The van der Waals surface area contributed by atoms with Gasteiger partial charge in [-0.3, -0.25) is 4.79 Å². The summed E-state index contributed by atoms with van der Waals surface area (Å²) in [5, 5.41) is 11.0. The summed E-state index contributed by atoms with van der Waals surface area (Å²) in [4.78, 5) is 14.5. The van der Waals surface area contributed by atoms with E-state index in [1.807, 2.05) is 0 Å². The average molecular weight is 480 g/mol. The molecule has 0 aliphatic carbocycles. The Balaban J connectivity index is 1.71. The number of nitrogens with zero attached hydrogens (tertiary/aromatic N) is 5. The van der Waals surface area contributed by atoms with Crippen molar-refractivity contribution >= 4 is 27.5 Å². The molecule has 2 atom stereocenters. The van der Waals surface area contributed by atoms with Crippen LogP contribution in [-0.2, 0) is 14.6 Å². The van der Waals surface area contributed by atoms with Crippen LogP contribution in [0.15, 0.2) is 29.4 Å². The van der Waals surface area contributed by atoms with Crippen LogP contribution < -0.4 is 4.74 Å². The predicted octanol–water partition coefficient (Wildman–Crippen LogP) is 2.08. The van der Waals surface area contributed by atoms with E-state index >= 15 is 0 Å². The first-order chi connectivity index (χ1) is 14.5. The van der Waals surface area contributed by atoms with E-state index in [-0.39, 0.29) is 34.4 Å². The van der Waals surface area contributed by atoms with Crippen molar-refractivity contribution in [1.29, 1.82) is 0 Å². The van der Waals surface area contributed by atoms with Gasteiger partial charge >= 0.3 is 6.36 Å². The maximum absolute atomic E-state index is 12.9. The first kappa shape index (κ1) is 23.3. The summed E-state index contributed by atoms with van der Waals surface area (Å²) in [5.74, 6) is -0.603. The Hall–Kier alpha value is -2.35. The zero-order valence-electron chi connectivity index (χ0n) is 16.6. The minimum absolute atomic E-state index is 0.0476. The molecule has 1 fully saturated rings. The van der Waals surface area contributed by atoms with Gasteiger partial charge in [0.15, 0.2) is 9.84 Å². The molecule has 0 N–H and O–H groups in total. The molecule has 1 saturated heterocycles. The van der Waals surface area contributed by atoms with Gasteiger partial charge in [-0.05, 0) is 55.0 Å². The molecule has 1 amide bonds. The van der Waals surface area contributed by atoms with Crippen LogP contribution in [0.25, 0.3) is 5.69 Å². The lowest BCUT2D eigenvalue weighted by molar-refractivity contribution is -0.274. The molecule has 1 aliphatic rings. The molecule has 0 bridgehead atoms. The summed E-state index contributed by atoms with van der Waals surface area (Å²) in [7, 11) is -3.14. The molecule has 2 heterocycles. The van der Waals surface area contributed by atoms with E-state index in [2.05, 4.69) is 20.3 Å². The highest BCUT2D eigenvalue weighted by Gasteiger charge is 2.36. The van der Waals surface area contributed by atoms with E-state index < -0.39 is 21.4 Å². The number of rotatable bonds is 7. The molecule has 1 aromatic carbocycles. The van der Waals surface area contributed by atoms with Gasteiger partial charge < -0.3 is 9.64 Å². The van der Waals surface area contributed by atoms with E-state index in [0.717, 1.165) is 23.9 Å². The molecule has 9 nitrogen and oxygen atoms in total. The molecule has 1 aromatic heterocycles. The first-order valence-electron chi connectivity index (χ1n) is 9.31. The molecule has 2 aromatic rings. The summed E-state index contributed by atoms with van der Waals surface area (Å²) in [6.07, 6.45) is -4.39. The smallest absolute Gasteiger partial charge is 0.406 e. The van der Waals surface area contributed by atoms with Crippen LogP contribution in [0.3, 0.4) is 0 Å². The Kier molecular flexibility index (Phi) is 6.79. The Morgan fingerprint density at radius 2 is 2.03 bits per heavy atom. The van der Waals surface area contributed by atoms with E-state index in [0.29, 0.717) is 18.7 Å². The number of carbonyl (C=O) groups excluding carboxylic acids is 1. The second kappa shape index (κ2) is 9.02. The molecule has 0 saturated carbocycles. The van der Waals surface area contributed by atoms with Gasteiger partial charge in [-0.25, -0.2) is 8.42 Å². The number of ether oxygens (including phenoxy) is 1. The van der Waals surface area contributed by atoms with Crippen molar-refractivity contribution in [2.75, 3.05) is 18.1 Å². The number of hydrogen-bond acceptors (Lipinski definition) is 8. The molecule has 1 aliphatic heterocycles. The summed E-state index contributed by atoms with van der Waals surface area (Å²) in [6.45, 7) is 3.82. The Morgan fingerprint density at radius 3 is 2.58 bits per heavy atom. The number of halogens is 3. The second-order valence-electron chi connectivity index (χ2n) is 6.86. The third-order valence-electron chi connectivity index (χ3n) is 4.66. The van der Waals surface area contributed by atoms with Crippen LogP contribution in [0.4, 0.5) is 13.2 Å². The van der Waals surface area contributed by atoms with E-state index in [1.54, 1.807) is 18.7 Å². The number of amides is 1. The van der Waals surface area contributed by atoms with Crippen molar-refractivity contribution < 1.29 is 31.1 Å². The molecule has 0 spiro atoms. The SMILES string of the molecule is CCN(C(=O)C(C)Sc1nnnn1-c1ccc(OC(F)(F)F)cc1)C1CCS(=O)(=O)C1. The monoisotopic (exact) mass is 479 g/mol. The van der Waals surface area contributed by atoms with Crippen LogP contribution in [0.5, 0.6) is 5.75 Å². The van der Waals surface area contributed by atoms with Crippen LogP contribution >= 0.6 is 11.8 Å². The van der Waals surface area contributed by atoms with Gasteiger partial charge in [-0.2, -0.15) is 4.68 Å². The standard InChI is InChI=1S/C17H20F3N5O4S2/c1-3-24(13-8-9-31(27,28)10-13)15(26)11(2)30-16-21-22-23-25(16)12-4-6-14(7-5-12)29-17(18,19)20/h4-7,11,13H,3,8-10H2,1-2H3. The van der Waals surface area contributed by atoms with Crippen molar-refractivity contribution in [2.45, 2.75) is 43.1 Å². The number of thioether (sulfide) groups is 1. The van der Waals surface area contributed by atoms with E-state index in [1.165, 1.54) is 16.8 Å². The normalized spacial score (nSPS) is 19.2. The number of tetrazole rings is 1. The number of sulfone groups is 1. The predicted molar refractivity (Wildman–Crippen MR) is 106 cm³/mol. The van der Waals surface area contributed by atoms with Crippen molar-refractivity contribution in [3.05, 3.63) is 24.3 Å². The number of carbonyl (C=O) groups is 1. The highest BCUT2D eigenvalue weighted by atomic mass is 32.2. The van der Waals surface area contributed by atoms with Gasteiger partial charge in [0.2, 0.25) is 11.1 Å². The lowest BCUT2D eigenvalue weighted by Gasteiger charge is -2.29. The number of hydrogen-bond donors (Lipinski definition) is 0. The number of aromatic nitrogens is 4. The number of alkyl halides is 3. The average Bonchev–Trinajstić information content (AvgIpc) is 3.27. The lowest BCUT2D eigenvalue weighted by Crippen LogP contribution is -2.44. The fourth-order valence-electron chi connectivity index (χ4n) is 3.26. The molecular formula is C17H20F3N5O4S2. The van der Waals surface area contributed by atoms with Crippen LogP contribution in [0.1, 0.15) is 20.3 Å². The molecule has 2 unspecified atom stereocenters. The van der Waals surface area contributed by atoms with Gasteiger partial charge in [-0.15, -0.1) is 18.3 Å². The first-order valence-corrected chi connectivity index (χ1v) is 12.0. The van der Waals surface area contributed by atoms with Gasteiger partial charge in [0.25, 0.3) is 0 Å². The quantitative estimate of drug-likeness (QED) is 0.556. The van der Waals surface area contributed by atoms with Crippen molar-refractivity contribution in [1.82, 2.24) is 25.1 Å². The fraction of sp³-hybridized carbons (Fsp3) is 0.529. The molecule has 0 radical (unpaired) electrons. The Morgan fingerprint density at radius 1 is 1.35 bits per heavy atom. The summed E-state index contributed by atoms with van der Waals surface area (Å²) in [5.41, 5.74) is 0.385. The van der Waals surface area contributed by atoms with Crippen molar-refractivity contribution in [3.8, 4) is 11.4 Å².